The Balaban J connectivity index is 3.32. The largest absolute Gasteiger partial charge is 0.422 e. The third-order valence-electron chi connectivity index (χ3n) is 2.45. The molecule has 0 aliphatic heterocycles. The molecule has 5 heteroatoms. The van der Waals surface area contributed by atoms with Crippen LogP contribution in [0, 0.1) is 0 Å². The van der Waals surface area contributed by atoms with Gasteiger partial charge in [0.15, 0.2) is 0 Å². The summed E-state index contributed by atoms with van der Waals surface area (Å²) in [7, 11) is 0. The van der Waals surface area contributed by atoms with Crippen molar-refractivity contribution in [3.05, 3.63) is 40.8 Å². The van der Waals surface area contributed by atoms with Crippen LogP contribution < -0.4 is 0 Å². The van der Waals surface area contributed by atoms with Gasteiger partial charge in [0.1, 0.15) is 0 Å². The van der Waals surface area contributed by atoms with E-state index in [2.05, 4.69) is 4.99 Å². The number of allylic oxidation sites excluding steroid dienone is 2. The number of aliphatic imine (C=N–C) groups is 1. The van der Waals surface area contributed by atoms with E-state index in [0.29, 0.717) is 17.9 Å². The lowest BCUT2D eigenvalue weighted by molar-refractivity contribution is -0.0829. The van der Waals surface area contributed by atoms with Crippen molar-refractivity contribution in [3.63, 3.8) is 0 Å². The highest BCUT2D eigenvalue weighted by Gasteiger charge is 2.36. The van der Waals surface area contributed by atoms with E-state index in [1.165, 1.54) is 6.21 Å². The van der Waals surface area contributed by atoms with E-state index in [0.717, 1.165) is 18.2 Å². The summed E-state index contributed by atoms with van der Waals surface area (Å²) in [5.74, 6) is 0.368. The molecule has 110 valence electrons. The van der Waals surface area contributed by atoms with Crippen molar-refractivity contribution >= 4 is 23.5 Å². The van der Waals surface area contributed by atoms with Crippen molar-refractivity contribution < 1.29 is 13.2 Å². The summed E-state index contributed by atoms with van der Waals surface area (Å²) in [4.78, 5) is 3.51. The van der Waals surface area contributed by atoms with Gasteiger partial charge in [-0.15, -0.1) is 11.8 Å². The summed E-state index contributed by atoms with van der Waals surface area (Å²) in [6, 6.07) is 8.59. The molecule has 0 N–H and O–H groups in total. The van der Waals surface area contributed by atoms with Gasteiger partial charge in [0.25, 0.3) is 0 Å². The standard InChI is InChI=1S/C15H18F3NS/c1-3-10-19-11-13(12-8-6-5-7-9-12)14(20-4-2)15(16,17)18/h5-9,11H,3-4,10H2,1-2H3/b14-13-,19-11?. The zero-order valence-electron chi connectivity index (χ0n) is 11.6. The van der Waals surface area contributed by atoms with Crippen LogP contribution in [0.15, 0.2) is 40.2 Å². The smallest absolute Gasteiger partial charge is 0.293 e. The van der Waals surface area contributed by atoms with E-state index in [4.69, 9.17) is 0 Å². The second-order valence-corrected chi connectivity index (χ2v) is 5.35. The van der Waals surface area contributed by atoms with Gasteiger partial charge in [-0.25, -0.2) is 0 Å². The van der Waals surface area contributed by atoms with Gasteiger partial charge in [0.2, 0.25) is 0 Å². The summed E-state index contributed by atoms with van der Waals surface area (Å²) in [6.07, 6.45) is -2.20. The monoisotopic (exact) mass is 301 g/mol. The van der Waals surface area contributed by atoms with Crippen molar-refractivity contribution in [3.8, 4) is 0 Å². The molecule has 0 amide bonds. The second kappa shape index (κ2) is 8.15. The van der Waals surface area contributed by atoms with Crippen LogP contribution in [0.5, 0.6) is 0 Å². The molecule has 20 heavy (non-hydrogen) atoms. The van der Waals surface area contributed by atoms with E-state index >= 15 is 0 Å². The molecule has 0 saturated heterocycles. The molecular formula is C15H18F3NS. The summed E-state index contributed by atoms with van der Waals surface area (Å²) < 4.78 is 39.6. The van der Waals surface area contributed by atoms with E-state index in [1.54, 1.807) is 37.3 Å². The van der Waals surface area contributed by atoms with Crippen LogP contribution in [0.1, 0.15) is 25.8 Å². The lowest BCUT2D eigenvalue weighted by Gasteiger charge is -2.15. The molecule has 0 atom stereocenters. The molecule has 1 aromatic carbocycles. The van der Waals surface area contributed by atoms with Crippen LogP contribution >= 0.6 is 11.8 Å². The van der Waals surface area contributed by atoms with Gasteiger partial charge in [0.05, 0.1) is 4.91 Å². The Morgan fingerprint density at radius 1 is 1.20 bits per heavy atom. The molecule has 0 spiro atoms. The first-order valence-corrected chi connectivity index (χ1v) is 7.48. The highest BCUT2D eigenvalue weighted by atomic mass is 32.2. The molecule has 0 heterocycles. The van der Waals surface area contributed by atoms with Crippen LogP contribution in [0.25, 0.3) is 5.57 Å². The van der Waals surface area contributed by atoms with Gasteiger partial charge in [-0.2, -0.15) is 13.2 Å². The fraction of sp³-hybridized carbons (Fsp3) is 0.400. The lowest BCUT2D eigenvalue weighted by Crippen LogP contribution is -2.12. The molecule has 0 unspecified atom stereocenters. The minimum absolute atomic E-state index is 0.151. The number of nitrogens with zero attached hydrogens (tertiary/aromatic N) is 1. The van der Waals surface area contributed by atoms with Gasteiger partial charge >= 0.3 is 6.18 Å². The van der Waals surface area contributed by atoms with E-state index < -0.39 is 11.1 Å². The van der Waals surface area contributed by atoms with Crippen molar-refractivity contribution in [2.45, 2.75) is 26.4 Å². The molecule has 0 aliphatic rings. The Labute approximate surface area is 122 Å². The van der Waals surface area contributed by atoms with Gasteiger partial charge in [-0.05, 0) is 17.7 Å². The predicted octanol–water partition coefficient (Wildman–Crippen LogP) is 5.19. The maximum absolute atomic E-state index is 13.2. The van der Waals surface area contributed by atoms with Gasteiger partial charge in [0, 0.05) is 18.3 Å². The number of thioether (sulfide) groups is 1. The third kappa shape index (κ3) is 5.04. The summed E-state index contributed by atoms with van der Waals surface area (Å²) >= 11 is 0.808. The minimum atomic E-state index is -4.36. The molecule has 0 fully saturated rings. The van der Waals surface area contributed by atoms with Crippen LogP contribution in [0.4, 0.5) is 13.2 Å². The summed E-state index contributed by atoms with van der Waals surface area (Å²) in [5, 5.41) is 0. The zero-order chi connectivity index (χ0) is 15.0. The highest BCUT2D eigenvalue weighted by molar-refractivity contribution is 8.03. The topological polar surface area (TPSA) is 12.4 Å². The Morgan fingerprint density at radius 2 is 1.85 bits per heavy atom. The van der Waals surface area contributed by atoms with Crippen LogP contribution in [-0.2, 0) is 0 Å². The minimum Gasteiger partial charge on any atom is -0.293 e. The number of alkyl halides is 3. The van der Waals surface area contributed by atoms with Crippen molar-refractivity contribution in [1.82, 2.24) is 0 Å². The SMILES string of the molecule is CCCN=C/C(=C(/SCC)C(F)(F)F)c1ccccc1. The summed E-state index contributed by atoms with van der Waals surface area (Å²) in [6.45, 7) is 4.18. The van der Waals surface area contributed by atoms with Crippen molar-refractivity contribution in [1.29, 1.82) is 0 Å². The Bertz CT molecular complexity index is 464. The normalized spacial score (nSPS) is 13.7. The average molecular weight is 301 g/mol. The second-order valence-electron chi connectivity index (χ2n) is 4.07. The molecule has 1 aromatic rings. The van der Waals surface area contributed by atoms with E-state index in [1.807, 2.05) is 6.92 Å². The maximum atomic E-state index is 13.2. The van der Waals surface area contributed by atoms with Crippen molar-refractivity contribution in [2.75, 3.05) is 12.3 Å². The van der Waals surface area contributed by atoms with Crippen LogP contribution in [0.3, 0.4) is 0 Å². The number of benzene rings is 1. The van der Waals surface area contributed by atoms with Crippen LogP contribution in [-0.4, -0.2) is 24.7 Å². The van der Waals surface area contributed by atoms with Gasteiger partial charge < -0.3 is 0 Å². The van der Waals surface area contributed by atoms with Crippen molar-refractivity contribution in [2.24, 2.45) is 4.99 Å². The number of hydrogen-bond donors (Lipinski definition) is 0. The molecule has 0 radical (unpaired) electrons. The Kier molecular flexibility index (Phi) is 6.85. The molecular weight excluding hydrogens is 283 g/mol. The first-order chi connectivity index (χ1) is 9.50. The molecule has 0 bridgehead atoms. The molecule has 1 rings (SSSR count). The molecule has 0 aromatic heterocycles. The highest BCUT2D eigenvalue weighted by Crippen LogP contribution is 2.39. The number of hydrogen-bond acceptors (Lipinski definition) is 2. The third-order valence-corrected chi connectivity index (χ3v) is 3.48. The molecule has 0 saturated carbocycles. The maximum Gasteiger partial charge on any atom is 0.422 e. The Morgan fingerprint density at radius 3 is 2.35 bits per heavy atom. The van der Waals surface area contributed by atoms with E-state index in [-0.39, 0.29) is 5.57 Å². The summed E-state index contributed by atoms with van der Waals surface area (Å²) in [5.41, 5.74) is 0.694. The van der Waals surface area contributed by atoms with Gasteiger partial charge in [-0.3, -0.25) is 4.99 Å². The first-order valence-electron chi connectivity index (χ1n) is 6.50. The predicted molar refractivity (Wildman–Crippen MR) is 81.2 cm³/mol. The number of rotatable bonds is 6. The zero-order valence-corrected chi connectivity index (χ0v) is 12.4. The number of halogens is 3. The van der Waals surface area contributed by atoms with Crippen LogP contribution in [0.2, 0.25) is 0 Å². The quantitative estimate of drug-likeness (QED) is 0.658. The fourth-order valence-electron chi connectivity index (χ4n) is 1.62. The fourth-order valence-corrected chi connectivity index (χ4v) is 2.40. The average Bonchev–Trinajstić information content (AvgIpc) is 2.42. The Hall–Kier alpha value is -1.23. The molecule has 1 nitrogen and oxygen atoms in total. The van der Waals surface area contributed by atoms with Gasteiger partial charge in [-0.1, -0.05) is 44.2 Å². The lowest BCUT2D eigenvalue weighted by atomic mass is 10.1. The van der Waals surface area contributed by atoms with E-state index in [9.17, 15) is 13.2 Å². The first kappa shape index (κ1) is 16.8. The molecule has 0 aliphatic carbocycles.